The van der Waals surface area contributed by atoms with E-state index < -0.39 is 29.6 Å². The van der Waals surface area contributed by atoms with Gasteiger partial charge < -0.3 is 20.3 Å². The van der Waals surface area contributed by atoms with Gasteiger partial charge in [0.05, 0.1) is 17.9 Å². The number of nitrogens with one attached hydrogen (secondary N) is 2. The molecular weight excluding hydrogens is 526 g/mol. The number of carbonyl (C=O) groups is 3. The number of halogens is 1. The zero-order valence-electron chi connectivity index (χ0n) is 22.7. The van der Waals surface area contributed by atoms with Gasteiger partial charge >= 0.3 is 0 Å². The van der Waals surface area contributed by atoms with E-state index in [0.717, 1.165) is 32.1 Å². The third-order valence-corrected chi connectivity index (χ3v) is 9.31. The molecule has 2 saturated heterocycles. The summed E-state index contributed by atoms with van der Waals surface area (Å²) in [5.41, 5.74) is 0.569. The minimum absolute atomic E-state index is 0.0952. The Balaban J connectivity index is 1.29. The van der Waals surface area contributed by atoms with Crippen molar-refractivity contribution in [2.75, 3.05) is 5.32 Å². The fourth-order valence-corrected chi connectivity index (χ4v) is 7.35. The minimum Gasteiger partial charge on any atom is -0.359 e. The summed E-state index contributed by atoms with van der Waals surface area (Å²) >= 11 is 6.13. The van der Waals surface area contributed by atoms with Crippen molar-refractivity contribution in [2.24, 2.45) is 11.8 Å². The maximum Gasteiger partial charge on any atom is 0.246 e. The fraction of sp³-hybridized carbons (Fsp3) is 0.469. The van der Waals surface area contributed by atoms with E-state index in [1.165, 1.54) is 12.0 Å². The van der Waals surface area contributed by atoms with Crippen molar-refractivity contribution in [1.29, 1.82) is 0 Å². The first kappa shape index (κ1) is 27.0. The Morgan fingerprint density at radius 1 is 1.07 bits per heavy atom. The van der Waals surface area contributed by atoms with Gasteiger partial charge in [-0.25, -0.2) is 0 Å². The molecule has 2 aromatic rings. The Hall–Kier alpha value is -3.16. The first-order valence-corrected chi connectivity index (χ1v) is 14.9. The summed E-state index contributed by atoms with van der Waals surface area (Å²) in [6, 6.07) is 16.1. The van der Waals surface area contributed by atoms with Crippen LogP contribution in [-0.4, -0.2) is 52.5 Å². The average molecular weight is 562 g/mol. The summed E-state index contributed by atoms with van der Waals surface area (Å²) in [4.78, 5) is 43.7. The monoisotopic (exact) mass is 561 g/mol. The molecule has 6 atom stereocenters. The molecular formula is C32H36ClN3O4. The highest BCUT2D eigenvalue weighted by molar-refractivity contribution is 6.30. The van der Waals surface area contributed by atoms with Crippen molar-refractivity contribution >= 4 is 35.0 Å². The number of carbonyl (C=O) groups excluding carboxylic acids is 3. The van der Waals surface area contributed by atoms with Crippen molar-refractivity contribution in [1.82, 2.24) is 10.2 Å². The van der Waals surface area contributed by atoms with Crippen molar-refractivity contribution in [2.45, 2.75) is 81.7 Å². The number of amides is 3. The molecule has 1 aliphatic carbocycles. The summed E-state index contributed by atoms with van der Waals surface area (Å²) in [7, 11) is 0. The van der Waals surface area contributed by atoms with Gasteiger partial charge in [0, 0.05) is 22.8 Å². The van der Waals surface area contributed by atoms with E-state index in [1.807, 2.05) is 37.3 Å². The van der Waals surface area contributed by atoms with Crippen LogP contribution >= 0.6 is 11.6 Å². The van der Waals surface area contributed by atoms with E-state index in [9.17, 15) is 14.4 Å². The molecule has 8 heteroatoms. The predicted octanol–water partition coefficient (Wildman–Crippen LogP) is 4.90. The van der Waals surface area contributed by atoms with Gasteiger partial charge in [-0.1, -0.05) is 79.4 Å². The quantitative estimate of drug-likeness (QED) is 0.449. The standard InChI is InChI=1S/C32H36ClN3O4/c1-20(15-16-21-9-4-2-5-10-21)36-28(30(38)34-23-12-6-3-7-13-23)32-18-17-25(40-32)26(27(32)31(36)39)29(37)35-24-14-8-11-22(33)19-24/h2,4-5,8-11,14,17-20,23,25-28H,3,6-7,12-13,15-16H2,1H3,(H,34,38)(H,35,37)/t20-,25+,26+,27+,28-,32+/m1/s1. The lowest BCUT2D eigenvalue weighted by Gasteiger charge is -2.36. The van der Waals surface area contributed by atoms with Crippen LogP contribution < -0.4 is 10.6 Å². The minimum atomic E-state index is -1.17. The lowest BCUT2D eigenvalue weighted by Crippen LogP contribution is -2.58. The molecule has 6 rings (SSSR count). The number of hydrogen-bond donors (Lipinski definition) is 2. The number of likely N-dealkylation sites (tertiary alicyclic amines) is 1. The fourth-order valence-electron chi connectivity index (χ4n) is 7.16. The van der Waals surface area contributed by atoms with E-state index in [4.69, 9.17) is 16.3 Å². The first-order chi connectivity index (χ1) is 19.4. The van der Waals surface area contributed by atoms with Crippen molar-refractivity contribution in [3.63, 3.8) is 0 Å². The molecule has 40 heavy (non-hydrogen) atoms. The molecule has 1 saturated carbocycles. The Morgan fingerprint density at radius 3 is 2.60 bits per heavy atom. The lowest BCUT2D eigenvalue weighted by molar-refractivity contribution is -0.143. The van der Waals surface area contributed by atoms with Gasteiger partial charge in [-0.05, 0) is 56.4 Å². The molecule has 3 fully saturated rings. The summed E-state index contributed by atoms with van der Waals surface area (Å²) in [6.07, 6.45) is 9.86. The van der Waals surface area contributed by atoms with Gasteiger partial charge in [0.2, 0.25) is 17.7 Å². The van der Waals surface area contributed by atoms with Gasteiger partial charge in [-0.3, -0.25) is 14.4 Å². The molecule has 0 aromatic heterocycles. The Labute approximate surface area is 240 Å². The second-order valence-corrected chi connectivity index (χ2v) is 12.1. The molecule has 0 radical (unpaired) electrons. The first-order valence-electron chi connectivity index (χ1n) is 14.5. The number of rotatable bonds is 8. The molecule has 1 spiro atoms. The lowest BCUT2D eigenvalue weighted by atomic mass is 9.74. The van der Waals surface area contributed by atoms with Crippen LogP contribution in [0.15, 0.2) is 66.7 Å². The smallest absolute Gasteiger partial charge is 0.246 e. The molecule has 3 amide bonds. The van der Waals surface area contributed by atoms with E-state index in [-0.39, 0.29) is 29.8 Å². The zero-order valence-corrected chi connectivity index (χ0v) is 23.5. The predicted molar refractivity (Wildman–Crippen MR) is 154 cm³/mol. The van der Waals surface area contributed by atoms with Gasteiger partial charge in [0.15, 0.2) is 0 Å². The molecule has 2 N–H and O–H groups in total. The molecule has 2 aromatic carbocycles. The van der Waals surface area contributed by atoms with Crippen molar-refractivity contribution in [3.05, 3.63) is 77.3 Å². The highest BCUT2D eigenvalue weighted by Crippen LogP contribution is 2.56. The molecule has 2 bridgehead atoms. The molecule has 210 valence electrons. The van der Waals surface area contributed by atoms with Gasteiger partial charge in [-0.2, -0.15) is 0 Å². The topological polar surface area (TPSA) is 87.7 Å². The van der Waals surface area contributed by atoms with Crippen LogP contribution in [-0.2, 0) is 25.5 Å². The van der Waals surface area contributed by atoms with Crippen LogP contribution in [0.1, 0.15) is 51.0 Å². The van der Waals surface area contributed by atoms with E-state index in [0.29, 0.717) is 17.1 Å². The Kier molecular flexibility index (Phi) is 7.44. The molecule has 3 aliphatic heterocycles. The summed E-state index contributed by atoms with van der Waals surface area (Å²) in [6.45, 7) is 2.00. The average Bonchev–Trinajstić information content (AvgIpc) is 3.60. The van der Waals surface area contributed by atoms with Crippen molar-refractivity contribution < 1.29 is 19.1 Å². The van der Waals surface area contributed by atoms with Crippen molar-refractivity contribution in [3.8, 4) is 0 Å². The van der Waals surface area contributed by atoms with Crippen LogP contribution in [0.2, 0.25) is 5.02 Å². The Bertz CT molecular complexity index is 1310. The highest BCUT2D eigenvalue weighted by atomic mass is 35.5. The molecule has 0 unspecified atom stereocenters. The van der Waals surface area contributed by atoms with Crippen LogP contribution in [0.25, 0.3) is 0 Å². The normalized spacial score (nSPS) is 29.9. The maximum absolute atomic E-state index is 14.3. The SMILES string of the molecule is C[C@H](CCc1ccccc1)N1C(=O)[C@@H]2[C@@H](C(=O)Nc3cccc(Cl)c3)[C@@H]3C=C[C@@]2(O3)[C@H]1C(=O)NC1CCCCC1. The maximum atomic E-state index is 14.3. The van der Waals surface area contributed by atoms with Gasteiger partial charge in [0.25, 0.3) is 0 Å². The largest absolute Gasteiger partial charge is 0.359 e. The number of hydrogen-bond acceptors (Lipinski definition) is 4. The van der Waals surface area contributed by atoms with Crippen LogP contribution in [0.5, 0.6) is 0 Å². The number of ether oxygens (including phenoxy) is 1. The molecule has 4 aliphatic rings. The van der Waals surface area contributed by atoms with Gasteiger partial charge in [-0.15, -0.1) is 0 Å². The summed E-state index contributed by atoms with van der Waals surface area (Å²) < 4.78 is 6.49. The third-order valence-electron chi connectivity index (χ3n) is 9.08. The highest BCUT2D eigenvalue weighted by Gasteiger charge is 2.73. The number of anilines is 1. The Morgan fingerprint density at radius 2 is 1.85 bits per heavy atom. The van der Waals surface area contributed by atoms with E-state index in [1.54, 1.807) is 29.2 Å². The number of nitrogens with zero attached hydrogens (tertiary/aromatic N) is 1. The van der Waals surface area contributed by atoms with Crippen LogP contribution in [0.4, 0.5) is 5.69 Å². The number of fused-ring (bicyclic) bond motifs is 1. The second kappa shape index (κ2) is 11.0. The molecule has 3 heterocycles. The number of benzene rings is 2. The molecule has 7 nitrogen and oxygen atoms in total. The van der Waals surface area contributed by atoms with Gasteiger partial charge in [0.1, 0.15) is 11.6 Å². The van der Waals surface area contributed by atoms with Crippen LogP contribution in [0.3, 0.4) is 0 Å². The summed E-state index contributed by atoms with van der Waals surface area (Å²) in [5, 5.41) is 6.70. The van der Waals surface area contributed by atoms with Crippen LogP contribution in [0, 0.1) is 11.8 Å². The van der Waals surface area contributed by atoms with E-state index in [2.05, 4.69) is 22.8 Å². The van der Waals surface area contributed by atoms with E-state index >= 15 is 0 Å². The zero-order chi connectivity index (χ0) is 27.9. The summed E-state index contributed by atoms with van der Waals surface area (Å²) in [5.74, 6) is -2.20. The third kappa shape index (κ3) is 4.83. The number of aryl methyl sites for hydroxylation is 1. The second-order valence-electron chi connectivity index (χ2n) is 11.7.